The molecule has 2 aliphatic heterocycles. The first-order chi connectivity index (χ1) is 12.8. The molecule has 4 rings (SSSR count). The van der Waals surface area contributed by atoms with E-state index in [1.54, 1.807) is 0 Å². The molecule has 0 unspecified atom stereocenters. The second kappa shape index (κ2) is 7.24. The molecule has 1 spiro atoms. The van der Waals surface area contributed by atoms with Crippen LogP contribution in [0.15, 0.2) is 18.3 Å². The van der Waals surface area contributed by atoms with Crippen LogP contribution in [0.1, 0.15) is 50.5 Å². The number of hydrogen-bond acceptors (Lipinski definition) is 4. The van der Waals surface area contributed by atoms with Gasteiger partial charge in [-0.25, -0.2) is 4.98 Å². The minimum Gasteiger partial charge on any atom is -0.393 e. The van der Waals surface area contributed by atoms with Crippen LogP contribution in [0.3, 0.4) is 0 Å². The smallest absolute Gasteiger partial charge is 0.393 e. The Hall–Kier alpha value is -1.34. The van der Waals surface area contributed by atoms with E-state index in [9.17, 15) is 18.3 Å². The van der Waals surface area contributed by atoms with Crippen molar-refractivity contribution in [2.24, 2.45) is 5.41 Å². The maximum absolute atomic E-state index is 13.0. The highest BCUT2D eigenvalue weighted by atomic mass is 19.4. The monoisotopic (exact) mass is 383 g/mol. The molecule has 2 saturated heterocycles. The lowest BCUT2D eigenvalue weighted by Gasteiger charge is -2.41. The molecule has 1 aliphatic carbocycles. The van der Waals surface area contributed by atoms with Crippen LogP contribution in [0.25, 0.3) is 0 Å². The fourth-order valence-corrected chi connectivity index (χ4v) is 5.09. The van der Waals surface area contributed by atoms with Gasteiger partial charge in [-0.1, -0.05) is 0 Å². The number of nitrogens with zero attached hydrogens (tertiary/aromatic N) is 3. The van der Waals surface area contributed by atoms with Gasteiger partial charge >= 0.3 is 6.18 Å². The van der Waals surface area contributed by atoms with Gasteiger partial charge in [-0.15, -0.1) is 0 Å². The van der Waals surface area contributed by atoms with Crippen molar-refractivity contribution in [3.8, 4) is 0 Å². The lowest BCUT2D eigenvalue weighted by atomic mass is 9.77. The van der Waals surface area contributed by atoms with Crippen molar-refractivity contribution < 1.29 is 18.3 Å². The zero-order valence-electron chi connectivity index (χ0n) is 15.6. The highest BCUT2D eigenvalue weighted by Gasteiger charge is 2.43. The van der Waals surface area contributed by atoms with Gasteiger partial charge in [0.05, 0.1) is 11.7 Å². The number of rotatable bonds is 2. The van der Waals surface area contributed by atoms with E-state index >= 15 is 0 Å². The van der Waals surface area contributed by atoms with E-state index < -0.39 is 11.7 Å². The van der Waals surface area contributed by atoms with Gasteiger partial charge in [0, 0.05) is 31.9 Å². The first-order valence-corrected chi connectivity index (χ1v) is 10.1. The Labute approximate surface area is 158 Å². The molecular formula is C20H28F3N3O. The molecule has 1 N–H and O–H groups in total. The lowest BCUT2D eigenvalue weighted by Crippen LogP contribution is -2.44. The van der Waals surface area contributed by atoms with Crippen LogP contribution in [0, 0.1) is 5.41 Å². The average molecular weight is 383 g/mol. The first kappa shape index (κ1) is 19.0. The number of halogens is 3. The molecule has 1 saturated carbocycles. The number of aliphatic hydroxyl groups is 1. The number of pyridine rings is 1. The van der Waals surface area contributed by atoms with Crippen LogP contribution >= 0.6 is 0 Å². The van der Waals surface area contributed by atoms with Crippen LogP contribution in [-0.2, 0) is 6.18 Å². The van der Waals surface area contributed by atoms with Crippen LogP contribution < -0.4 is 4.90 Å². The van der Waals surface area contributed by atoms with Crippen molar-refractivity contribution in [3.63, 3.8) is 0 Å². The average Bonchev–Trinajstić information content (AvgIpc) is 3.06. The largest absolute Gasteiger partial charge is 0.416 e. The third kappa shape index (κ3) is 4.09. The Morgan fingerprint density at radius 2 is 1.70 bits per heavy atom. The summed E-state index contributed by atoms with van der Waals surface area (Å²) in [6.07, 6.45) is 3.98. The summed E-state index contributed by atoms with van der Waals surface area (Å²) in [4.78, 5) is 8.78. The van der Waals surface area contributed by atoms with Crippen molar-refractivity contribution in [2.75, 3.05) is 31.1 Å². The van der Waals surface area contributed by atoms with Crippen LogP contribution in [0.4, 0.5) is 19.0 Å². The second-order valence-corrected chi connectivity index (χ2v) is 8.57. The van der Waals surface area contributed by atoms with Crippen molar-refractivity contribution >= 4 is 5.82 Å². The van der Waals surface area contributed by atoms with Gasteiger partial charge in [-0.05, 0) is 69.0 Å². The van der Waals surface area contributed by atoms with E-state index in [0.29, 0.717) is 17.3 Å². The molecule has 1 aromatic rings. The predicted molar refractivity (Wildman–Crippen MR) is 97.6 cm³/mol. The van der Waals surface area contributed by atoms with Gasteiger partial charge < -0.3 is 10.0 Å². The molecule has 27 heavy (non-hydrogen) atoms. The van der Waals surface area contributed by atoms with Crippen molar-refractivity contribution in [3.05, 3.63) is 23.9 Å². The Bertz CT molecular complexity index is 650. The molecule has 4 nitrogen and oxygen atoms in total. The van der Waals surface area contributed by atoms with Crippen LogP contribution in [0.5, 0.6) is 0 Å². The molecule has 0 aromatic carbocycles. The third-order valence-corrected chi connectivity index (χ3v) is 6.87. The normalized spacial score (nSPS) is 29.4. The predicted octanol–water partition coefficient (Wildman–Crippen LogP) is 3.70. The topological polar surface area (TPSA) is 39.6 Å². The summed E-state index contributed by atoms with van der Waals surface area (Å²) in [6.45, 7) is 3.75. The Morgan fingerprint density at radius 1 is 1.04 bits per heavy atom. The number of piperidine rings is 1. The fourth-order valence-electron chi connectivity index (χ4n) is 5.09. The quantitative estimate of drug-likeness (QED) is 0.845. The maximum Gasteiger partial charge on any atom is 0.416 e. The Kier molecular flexibility index (Phi) is 5.10. The summed E-state index contributed by atoms with van der Waals surface area (Å²) >= 11 is 0. The minimum atomic E-state index is -4.33. The highest BCUT2D eigenvalue weighted by Crippen LogP contribution is 2.43. The Morgan fingerprint density at radius 3 is 2.37 bits per heavy atom. The molecule has 0 bridgehead atoms. The molecule has 0 atom stereocenters. The number of aliphatic hydroxyl groups excluding tert-OH is 1. The summed E-state index contributed by atoms with van der Waals surface area (Å²) in [5, 5.41) is 9.72. The molecule has 0 amide bonds. The zero-order chi connectivity index (χ0) is 19.1. The van der Waals surface area contributed by atoms with Gasteiger partial charge in [0.2, 0.25) is 0 Å². The molecule has 3 heterocycles. The number of likely N-dealkylation sites (tertiary alicyclic amines) is 1. The Balaban J connectivity index is 1.35. The molecule has 150 valence electrons. The van der Waals surface area contributed by atoms with E-state index in [4.69, 9.17) is 0 Å². The van der Waals surface area contributed by atoms with Crippen LogP contribution in [-0.4, -0.2) is 53.3 Å². The van der Waals surface area contributed by atoms with Crippen molar-refractivity contribution in [1.29, 1.82) is 0 Å². The summed E-state index contributed by atoms with van der Waals surface area (Å²) in [7, 11) is 0. The fraction of sp³-hybridized carbons (Fsp3) is 0.750. The number of hydrogen-bond donors (Lipinski definition) is 1. The molecule has 1 aromatic heterocycles. The van der Waals surface area contributed by atoms with Crippen molar-refractivity contribution in [2.45, 2.75) is 63.3 Å². The first-order valence-electron chi connectivity index (χ1n) is 10.1. The summed E-state index contributed by atoms with van der Waals surface area (Å²) in [5.41, 5.74) is -0.326. The molecule has 0 radical (unpaired) electrons. The minimum absolute atomic E-state index is 0.124. The van der Waals surface area contributed by atoms with Gasteiger partial charge in [-0.3, -0.25) is 4.90 Å². The molecular weight excluding hydrogens is 355 g/mol. The third-order valence-electron chi connectivity index (χ3n) is 6.87. The summed E-state index contributed by atoms with van der Waals surface area (Å²) < 4.78 is 38.9. The zero-order valence-corrected chi connectivity index (χ0v) is 15.6. The van der Waals surface area contributed by atoms with Gasteiger partial charge in [0.1, 0.15) is 5.82 Å². The van der Waals surface area contributed by atoms with Crippen LogP contribution in [0.2, 0.25) is 0 Å². The van der Waals surface area contributed by atoms with E-state index in [-0.39, 0.29) is 6.10 Å². The standard InChI is InChI=1S/C20H28F3N3O/c21-20(22,23)15-5-9-24-18(13-15)25-10-6-19(7-11-25)8-12-26(14-19)16-1-3-17(27)4-2-16/h5,9,13,16-17,27H,1-4,6-8,10-12,14H2/t16-,17-. The summed E-state index contributed by atoms with van der Waals surface area (Å²) in [6, 6.07) is 2.80. The number of anilines is 1. The van der Waals surface area contributed by atoms with E-state index in [1.807, 2.05) is 4.90 Å². The number of alkyl halides is 3. The van der Waals surface area contributed by atoms with Gasteiger partial charge in [0.15, 0.2) is 0 Å². The van der Waals surface area contributed by atoms with Gasteiger partial charge in [0.25, 0.3) is 0 Å². The molecule has 3 aliphatic rings. The van der Waals surface area contributed by atoms with E-state index in [1.165, 1.54) is 18.7 Å². The number of aromatic nitrogens is 1. The lowest BCUT2D eigenvalue weighted by molar-refractivity contribution is -0.137. The molecule has 7 heteroatoms. The molecule has 3 fully saturated rings. The SMILES string of the molecule is O[C@H]1CC[C@H](N2CCC3(CCN(c4cc(C(F)(F)F)ccn4)CC3)C2)CC1. The van der Waals surface area contributed by atoms with E-state index in [2.05, 4.69) is 9.88 Å². The highest BCUT2D eigenvalue weighted by molar-refractivity contribution is 5.42. The van der Waals surface area contributed by atoms with Gasteiger partial charge in [-0.2, -0.15) is 13.2 Å². The van der Waals surface area contributed by atoms with E-state index in [0.717, 1.165) is 70.8 Å². The maximum atomic E-state index is 13.0. The van der Waals surface area contributed by atoms with Crippen molar-refractivity contribution in [1.82, 2.24) is 9.88 Å². The summed E-state index contributed by atoms with van der Waals surface area (Å²) in [5.74, 6) is 0.441. The second-order valence-electron chi connectivity index (χ2n) is 8.57.